The summed E-state index contributed by atoms with van der Waals surface area (Å²) < 4.78 is 7.17. The zero-order valence-electron chi connectivity index (χ0n) is 12.8. The number of imidazole rings is 1. The van der Waals surface area contributed by atoms with E-state index in [9.17, 15) is 4.79 Å². The minimum absolute atomic E-state index is 0.0788. The highest BCUT2D eigenvalue weighted by Crippen LogP contribution is 2.19. The molecule has 0 atom stereocenters. The van der Waals surface area contributed by atoms with Gasteiger partial charge in [0.1, 0.15) is 5.75 Å². The van der Waals surface area contributed by atoms with Crippen LogP contribution in [0.25, 0.3) is 5.69 Å². The molecule has 23 heavy (non-hydrogen) atoms. The Labute approximate surface area is 134 Å². The first-order chi connectivity index (χ1) is 11.3. The second-order valence-corrected chi connectivity index (χ2v) is 5.05. The summed E-state index contributed by atoms with van der Waals surface area (Å²) in [6.07, 6.45) is 5.60. The van der Waals surface area contributed by atoms with Gasteiger partial charge in [-0.25, -0.2) is 4.98 Å². The Morgan fingerprint density at radius 3 is 2.65 bits per heavy atom. The minimum atomic E-state index is -0.0788. The van der Waals surface area contributed by atoms with E-state index in [0.29, 0.717) is 0 Å². The Balaban J connectivity index is 1.66. The van der Waals surface area contributed by atoms with E-state index < -0.39 is 0 Å². The molecule has 0 aliphatic rings. The van der Waals surface area contributed by atoms with Crippen LogP contribution in [0.15, 0.2) is 67.3 Å². The number of amides is 1. The van der Waals surface area contributed by atoms with Crippen LogP contribution >= 0.6 is 0 Å². The summed E-state index contributed by atoms with van der Waals surface area (Å²) in [6, 6.07) is 15.1. The molecule has 1 heterocycles. The highest BCUT2D eigenvalue weighted by molar-refractivity contribution is 5.92. The molecule has 1 amide bonds. The van der Waals surface area contributed by atoms with Gasteiger partial charge in [-0.2, -0.15) is 0 Å². The van der Waals surface area contributed by atoms with Crippen LogP contribution in [-0.4, -0.2) is 22.6 Å². The number of benzene rings is 2. The number of nitrogens with zero attached hydrogens (tertiary/aromatic N) is 2. The molecule has 2 aromatic carbocycles. The monoisotopic (exact) mass is 307 g/mol. The molecule has 0 aliphatic heterocycles. The minimum Gasteiger partial charge on any atom is -0.496 e. The van der Waals surface area contributed by atoms with Crippen LogP contribution in [0, 0.1) is 0 Å². The second-order valence-electron chi connectivity index (χ2n) is 5.05. The van der Waals surface area contributed by atoms with Gasteiger partial charge in [0.25, 0.3) is 0 Å². The molecule has 1 N–H and O–H groups in total. The van der Waals surface area contributed by atoms with Crippen LogP contribution in [0.1, 0.15) is 5.56 Å². The highest BCUT2D eigenvalue weighted by atomic mass is 16.5. The van der Waals surface area contributed by atoms with Crippen molar-refractivity contribution in [3.8, 4) is 11.4 Å². The van der Waals surface area contributed by atoms with Crippen molar-refractivity contribution in [3.05, 3.63) is 72.8 Å². The molecular formula is C18H17N3O2. The molecule has 5 heteroatoms. The molecule has 0 radical (unpaired) electrons. The third kappa shape index (κ3) is 3.58. The van der Waals surface area contributed by atoms with Crippen molar-refractivity contribution in [1.29, 1.82) is 0 Å². The summed E-state index contributed by atoms with van der Waals surface area (Å²) in [7, 11) is 1.60. The summed E-state index contributed by atoms with van der Waals surface area (Å²) in [6.45, 7) is 0. The van der Waals surface area contributed by atoms with Crippen LogP contribution in [0.4, 0.5) is 5.69 Å². The van der Waals surface area contributed by atoms with Crippen molar-refractivity contribution in [1.82, 2.24) is 9.55 Å². The lowest BCUT2D eigenvalue weighted by molar-refractivity contribution is -0.115. The Kier molecular flexibility index (Phi) is 4.38. The first-order valence-electron chi connectivity index (χ1n) is 7.26. The third-order valence-electron chi connectivity index (χ3n) is 3.50. The van der Waals surface area contributed by atoms with Crippen LogP contribution in [0.3, 0.4) is 0 Å². The Morgan fingerprint density at radius 2 is 1.96 bits per heavy atom. The maximum absolute atomic E-state index is 12.2. The van der Waals surface area contributed by atoms with Crippen molar-refractivity contribution in [2.45, 2.75) is 6.42 Å². The number of carbonyl (C=O) groups is 1. The predicted octanol–water partition coefficient (Wildman–Crippen LogP) is 3.06. The van der Waals surface area contributed by atoms with Gasteiger partial charge >= 0.3 is 0 Å². The molecule has 0 aliphatic carbocycles. The largest absolute Gasteiger partial charge is 0.496 e. The maximum atomic E-state index is 12.2. The van der Waals surface area contributed by atoms with E-state index in [0.717, 1.165) is 22.7 Å². The summed E-state index contributed by atoms with van der Waals surface area (Å²) in [5.74, 6) is 0.642. The molecule has 3 rings (SSSR count). The number of rotatable bonds is 5. The zero-order valence-corrected chi connectivity index (χ0v) is 12.8. The molecule has 0 spiro atoms. The number of aromatic nitrogens is 2. The summed E-state index contributed by atoms with van der Waals surface area (Å²) >= 11 is 0. The summed E-state index contributed by atoms with van der Waals surface area (Å²) in [4.78, 5) is 16.2. The molecule has 0 saturated carbocycles. The van der Waals surface area contributed by atoms with E-state index >= 15 is 0 Å². The molecule has 0 unspecified atom stereocenters. The molecule has 1 aromatic heterocycles. The number of nitrogens with one attached hydrogen (secondary N) is 1. The molecule has 0 saturated heterocycles. The van der Waals surface area contributed by atoms with Crippen LogP contribution in [-0.2, 0) is 11.2 Å². The lowest BCUT2D eigenvalue weighted by Crippen LogP contribution is -2.14. The van der Waals surface area contributed by atoms with E-state index in [1.165, 1.54) is 0 Å². The van der Waals surface area contributed by atoms with Crippen LogP contribution in [0.5, 0.6) is 5.75 Å². The third-order valence-corrected chi connectivity index (χ3v) is 3.50. The smallest absolute Gasteiger partial charge is 0.228 e. The van der Waals surface area contributed by atoms with Gasteiger partial charge in [0, 0.05) is 29.3 Å². The quantitative estimate of drug-likeness (QED) is 0.788. The molecule has 0 fully saturated rings. The van der Waals surface area contributed by atoms with Crippen LogP contribution < -0.4 is 10.1 Å². The lowest BCUT2D eigenvalue weighted by atomic mass is 10.1. The fourth-order valence-electron chi connectivity index (χ4n) is 2.36. The van der Waals surface area contributed by atoms with E-state index in [1.54, 1.807) is 19.6 Å². The van der Waals surface area contributed by atoms with E-state index in [1.807, 2.05) is 59.3 Å². The van der Waals surface area contributed by atoms with Gasteiger partial charge in [0.05, 0.1) is 19.9 Å². The molecule has 116 valence electrons. The number of carbonyl (C=O) groups excluding carboxylic acids is 1. The van der Waals surface area contributed by atoms with Crippen molar-refractivity contribution >= 4 is 11.6 Å². The van der Waals surface area contributed by atoms with Crippen molar-refractivity contribution < 1.29 is 9.53 Å². The first kappa shape index (κ1) is 14.8. The fourth-order valence-corrected chi connectivity index (χ4v) is 2.36. The molecule has 5 nitrogen and oxygen atoms in total. The summed E-state index contributed by atoms with van der Waals surface area (Å²) in [5.41, 5.74) is 2.61. The SMILES string of the molecule is COc1ccccc1CC(=O)Nc1ccc(-n2ccnc2)cc1. The maximum Gasteiger partial charge on any atom is 0.228 e. The molecular weight excluding hydrogens is 290 g/mol. The number of para-hydroxylation sites is 1. The van der Waals surface area contributed by atoms with Crippen LogP contribution in [0.2, 0.25) is 0 Å². The number of methoxy groups -OCH3 is 1. The van der Waals surface area contributed by atoms with Crippen molar-refractivity contribution in [3.63, 3.8) is 0 Å². The Morgan fingerprint density at radius 1 is 1.17 bits per heavy atom. The van der Waals surface area contributed by atoms with Gasteiger partial charge in [-0.15, -0.1) is 0 Å². The van der Waals surface area contributed by atoms with Crippen molar-refractivity contribution in [2.75, 3.05) is 12.4 Å². The topological polar surface area (TPSA) is 56.1 Å². The van der Waals surface area contributed by atoms with E-state index in [2.05, 4.69) is 10.3 Å². The number of ether oxygens (including phenoxy) is 1. The first-order valence-corrected chi connectivity index (χ1v) is 7.26. The number of anilines is 1. The van der Waals surface area contributed by atoms with Gasteiger partial charge in [0.2, 0.25) is 5.91 Å². The molecule has 3 aromatic rings. The average Bonchev–Trinajstić information content (AvgIpc) is 3.10. The predicted molar refractivity (Wildman–Crippen MR) is 88.9 cm³/mol. The number of hydrogen-bond acceptors (Lipinski definition) is 3. The average molecular weight is 307 g/mol. The zero-order chi connectivity index (χ0) is 16.1. The van der Waals surface area contributed by atoms with Gasteiger partial charge in [-0.1, -0.05) is 18.2 Å². The van der Waals surface area contributed by atoms with Gasteiger partial charge in [-0.05, 0) is 30.3 Å². The normalized spacial score (nSPS) is 10.3. The van der Waals surface area contributed by atoms with E-state index in [4.69, 9.17) is 4.74 Å². The van der Waals surface area contributed by atoms with Gasteiger partial charge in [-0.3, -0.25) is 4.79 Å². The Bertz CT molecular complexity index is 780. The molecule has 0 bridgehead atoms. The number of hydrogen-bond donors (Lipinski definition) is 1. The van der Waals surface area contributed by atoms with Gasteiger partial charge in [0.15, 0.2) is 0 Å². The second kappa shape index (κ2) is 6.79. The lowest BCUT2D eigenvalue weighted by Gasteiger charge is -2.09. The van der Waals surface area contributed by atoms with Gasteiger partial charge < -0.3 is 14.6 Å². The highest BCUT2D eigenvalue weighted by Gasteiger charge is 2.08. The Hall–Kier alpha value is -3.08. The summed E-state index contributed by atoms with van der Waals surface area (Å²) in [5, 5.41) is 2.89. The van der Waals surface area contributed by atoms with E-state index in [-0.39, 0.29) is 12.3 Å². The fraction of sp³-hybridized carbons (Fsp3) is 0.111. The van der Waals surface area contributed by atoms with Crippen molar-refractivity contribution in [2.24, 2.45) is 0 Å². The standard InChI is InChI=1S/C18H17N3O2/c1-23-17-5-3-2-4-14(17)12-18(22)20-15-6-8-16(9-7-15)21-11-10-19-13-21/h2-11,13H,12H2,1H3,(H,20,22).